The van der Waals surface area contributed by atoms with Gasteiger partial charge in [-0.3, -0.25) is 18.7 Å². The number of carbonyl (C=O) groups excluding carboxylic acids is 2. The van der Waals surface area contributed by atoms with Crippen LogP contribution in [0.25, 0.3) is 110 Å². The second kappa shape index (κ2) is 14.2. The molecule has 0 aliphatic heterocycles. The van der Waals surface area contributed by atoms with Gasteiger partial charge in [-0.05, 0) is 57.9 Å². The van der Waals surface area contributed by atoms with Crippen molar-refractivity contribution in [1.29, 1.82) is 0 Å². The third-order valence-electron chi connectivity index (χ3n) is 11.9. The summed E-state index contributed by atoms with van der Waals surface area (Å²) in [6, 6.07) is 44.1. The van der Waals surface area contributed by atoms with Crippen LogP contribution in [0, 0.1) is 0 Å². The van der Waals surface area contributed by atoms with Gasteiger partial charge in [0.1, 0.15) is 11.6 Å². The maximum atomic E-state index is 13.2. The molecule has 0 amide bonds. The van der Waals surface area contributed by atoms with Gasteiger partial charge >= 0.3 is 0 Å². The number of anilines is 2. The molecule has 62 heavy (non-hydrogen) atoms. The molecule has 8 N–H and O–H groups in total. The van der Waals surface area contributed by atoms with Crippen molar-refractivity contribution in [1.82, 2.24) is 29.1 Å². The highest BCUT2D eigenvalue weighted by molar-refractivity contribution is 6.26. The van der Waals surface area contributed by atoms with E-state index in [0.29, 0.717) is 23.6 Å². The van der Waals surface area contributed by atoms with Crippen molar-refractivity contribution in [2.45, 2.75) is 13.3 Å². The lowest BCUT2D eigenvalue weighted by molar-refractivity contribution is 0.0910. The topological polar surface area (TPSA) is 179 Å². The van der Waals surface area contributed by atoms with E-state index in [2.05, 4.69) is 34.2 Å². The molecule has 0 radical (unpaired) electrons. The van der Waals surface area contributed by atoms with Gasteiger partial charge in [-0.15, -0.1) is 0 Å². The molecule has 0 aliphatic rings. The van der Waals surface area contributed by atoms with E-state index in [-0.39, 0.29) is 18.4 Å². The highest BCUT2D eigenvalue weighted by Gasteiger charge is 2.24. The van der Waals surface area contributed by atoms with E-state index in [1.54, 1.807) is 9.13 Å². The van der Waals surface area contributed by atoms with Crippen LogP contribution in [0.15, 0.2) is 146 Å². The number of para-hydroxylation sites is 2. The fourth-order valence-electron chi connectivity index (χ4n) is 9.11. The quantitative estimate of drug-likeness (QED) is 0.0866. The zero-order valence-electron chi connectivity index (χ0n) is 33.6. The minimum Gasteiger partial charge on any atom is -0.399 e. The summed E-state index contributed by atoms with van der Waals surface area (Å²) in [5.74, 6) is 1.16. The molecule has 11 heteroatoms. The smallest absolute Gasteiger partial charge is 0.246 e. The maximum Gasteiger partial charge on any atom is 0.246 e. The monoisotopic (exact) mass is 809 g/mol. The summed E-state index contributed by atoms with van der Waals surface area (Å²) in [7, 11) is 0. The van der Waals surface area contributed by atoms with Crippen molar-refractivity contribution in [2.24, 2.45) is 5.73 Å². The third-order valence-corrected chi connectivity index (χ3v) is 11.9. The van der Waals surface area contributed by atoms with Gasteiger partial charge in [0, 0.05) is 79.2 Å². The van der Waals surface area contributed by atoms with Gasteiger partial charge in [-0.2, -0.15) is 0 Å². The third kappa shape index (κ3) is 5.56. The first-order valence-electron chi connectivity index (χ1n) is 20.5. The standard InChI is InChI=1S/C26H20N4O.C25H19N5O/c1-2-23(31)30-14-21(18-8-5-6-10-22(18)30)26-28-24-19-9-4-3-7-16(19)17-12-11-15(27)13-20(17)25(24)29-26;26-12-22(31)30-24-18-7-2-1-5-15(18)16-10-9-14(27)11-19(16)23(24)29-25(30)20-13-28-21-8-4-3-6-17(20)21/h3-14H,2,27H2,1H3,(H,28,29);1-11,13,28H,12,26-27H2. The van der Waals surface area contributed by atoms with Gasteiger partial charge in [0.25, 0.3) is 0 Å². The van der Waals surface area contributed by atoms with E-state index in [9.17, 15) is 9.59 Å². The molecule has 300 valence electrons. The Hall–Kier alpha value is -8.28. The van der Waals surface area contributed by atoms with Crippen LogP contribution in [-0.2, 0) is 0 Å². The average Bonchev–Trinajstić information content (AvgIpc) is 4.12. The molecule has 0 unspecified atom stereocenters. The normalized spacial score (nSPS) is 11.8. The number of nitrogens with zero attached hydrogens (tertiary/aromatic N) is 4. The molecule has 0 spiro atoms. The molecule has 0 saturated heterocycles. The molecule has 0 fully saturated rings. The number of imidazole rings is 2. The highest BCUT2D eigenvalue weighted by Crippen LogP contribution is 2.41. The summed E-state index contributed by atoms with van der Waals surface area (Å²) in [6.45, 7) is 1.75. The summed E-state index contributed by atoms with van der Waals surface area (Å²) < 4.78 is 3.39. The number of aromatic amines is 2. The first-order chi connectivity index (χ1) is 30.3. The predicted molar refractivity (Wildman–Crippen MR) is 253 cm³/mol. The fraction of sp³-hybridized carbons (Fsp3) is 0.0588. The van der Waals surface area contributed by atoms with E-state index >= 15 is 0 Å². The molecule has 12 rings (SSSR count). The van der Waals surface area contributed by atoms with Crippen LogP contribution >= 0.6 is 0 Å². The molecule has 4 aromatic heterocycles. The van der Waals surface area contributed by atoms with Crippen LogP contribution in [0.3, 0.4) is 0 Å². The number of nitrogen functional groups attached to an aromatic ring is 2. The first kappa shape index (κ1) is 36.8. The SMILES string of the molecule is CCC(=O)n1cc(-c2nc3c4cc(N)ccc4c4ccccc4c3[nH]2)c2ccccc21.NCC(=O)n1c(-c2c[nH]c3ccccc23)nc2c3cc(N)ccc3c3ccccc3c21. The van der Waals surface area contributed by atoms with Crippen molar-refractivity contribution in [3.63, 3.8) is 0 Å². The Morgan fingerprint density at radius 1 is 0.597 bits per heavy atom. The summed E-state index contributed by atoms with van der Waals surface area (Å²) in [4.78, 5) is 42.6. The molecule has 8 aromatic carbocycles. The molecule has 4 heterocycles. The summed E-state index contributed by atoms with van der Waals surface area (Å²) in [5, 5.41) is 10.4. The van der Waals surface area contributed by atoms with Crippen LogP contribution in [0.1, 0.15) is 22.9 Å². The van der Waals surface area contributed by atoms with E-state index in [1.807, 2.05) is 129 Å². The highest BCUT2D eigenvalue weighted by atomic mass is 16.2. The Morgan fingerprint density at radius 3 is 1.87 bits per heavy atom. The number of nitrogens with two attached hydrogens (primary N) is 3. The summed E-state index contributed by atoms with van der Waals surface area (Å²) in [5.41, 5.74) is 26.5. The largest absolute Gasteiger partial charge is 0.399 e. The second-order valence-electron chi connectivity index (χ2n) is 15.5. The number of aromatic nitrogens is 6. The number of rotatable bonds is 4. The minimum atomic E-state index is -0.212. The molecule has 12 aromatic rings. The Kier molecular flexibility index (Phi) is 8.41. The van der Waals surface area contributed by atoms with Crippen molar-refractivity contribution in [3.05, 3.63) is 146 Å². The minimum absolute atomic E-state index is 0.0576. The van der Waals surface area contributed by atoms with Gasteiger partial charge < -0.3 is 27.2 Å². The molecule has 0 atom stereocenters. The van der Waals surface area contributed by atoms with Crippen molar-refractivity contribution in [2.75, 3.05) is 18.0 Å². The Labute approximate surface area is 353 Å². The molecular formula is C51H39N9O2. The zero-order valence-corrected chi connectivity index (χ0v) is 33.6. The first-order valence-corrected chi connectivity index (χ1v) is 20.5. The molecule has 0 bridgehead atoms. The zero-order chi connectivity index (χ0) is 42.2. The lowest BCUT2D eigenvalue weighted by Crippen LogP contribution is -2.21. The van der Waals surface area contributed by atoms with Crippen LogP contribution in [0.5, 0.6) is 0 Å². The van der Waals surface area contributed by atoms with Crippen molar-refractivity contribution < 1.29 is 9.59 Å². The molecule has 0 aliphatic carbocycles. The second-order valence-corrected chi connectivity index (χ2v) is 15.5. The van der Waals surface area contributed by atoms with E-state index in [0.717, 1.165) is 104 Å². The lowest BCUT2D eigenvalue weighted by Gasteiger charge is -2.10. The van der Waals surface area contributed by atoms with E-state index in [1.165, 1.54) is 0 Å². The van der Waals surface area contributed by atoms with Crippen molar-refractivity contribution in [3.8, 4) is 22.8 Å². The predicted octanol–water partition coefficient (Wildman–Crippen LogP) is 10.8. The Morgan fingerprint density at radius 2 is 1.18 bits per heavy atom. The molecule has 0 saturated carbocycles. The average molecular weight is 810 g/mol. The van der Waals surface area contributed by atoms with Crippen LogP contribution in [-0.4, -0.2) is 47.4 Å². The van der Waals surface area contributed by atoms with Crippen LogP contribution in [0.2, 0.25) is 0 Å². The number of nitrogens with one attached hydrogen (secondary N) is 2. The summed E-state index contributed by atoms with van der Waals surface area (Å²) >= 11 is 0. The molecular weight excluding hydrogens is 771 g/mol. The van der Waals surface area contributed by atoms with Gasteiger partial charge in [0.05, 0.1) is 34.1 Å². The van der Waals surface area contributed by atoms with Gasteiger partial charge in [0.15, 0.2) is 0 Å². The van der Waals surface area contributed by atoms with Crippen molar-refractivity contribution >= 4 is 110 Å². The maximum absolute atomic E-state index is 13.2. The van der Waals surface area contributed by atoms with Gasteiger partial charge in [0.2, 0.25) is 11.8 Å². The number of carbonyl (C=O) groups is 2. The Bertz CT molecular complexity index is 3810. The summed E-state index contributed by atoms with van der Waals surface area (Å²) in [6.07, 6.45) is 4.23. The van der Waals surface area contributed by atoms with E-state index in [4.69, 9.17) is 27.2 Å². The van der Waals surface area contributed by atoms with Crippen LogP contribution in [0.4, 0.5) is 11.4 Å². The van der Waals surface area contributed by atoms with Gasteiger partial charge in [-0.25, -0.2) is 9.97 Å². The van der Waals surface area contributed by atoms with Gasteiger partial charge in [-0.1, -0.05) is 104 Å². The molecule has 11 nitrogen and oxygen atoms in total. The number of hydrogen-bond donors (Lipinski definition) is 5. The Balaban J connectivity index is 0.000000139. The number of H-pyrrole nitrogens is 2. The number of fused-ring (bicyclic) bond motifs is 14. The lowest BCUT2D eigenvalue weighted by atomic mass is 9.99. The number of hydrogen-bond acceptors (Lipinski definition) is 7. The fourth-order valence-corrected chi connectivity index (χ4v) is 9.11. The van der Waals surface area contributed by atoms with Crippen LogP contribution < -0.4 is 17.2 Å². The van der Waals surface area contributed by atoms with E-state index < -0.39 is 0 Å². The number of benzene rings is 8.